The molecule has 0 aliphatic carbocycles. The SMILES string of the molecule is CC(C)CC(NCc1cc(Br)c(Cl)s1)C(=O)O. The summed E-state index contributed by atoms with van der Waals surface area (Å²) in [7, 11) is 0. The number of hydrogen-bond donors (Lipinski definition) is 2. The van der Waals surface area contributed by atoms with Crippen molar-refractivity contribution < 1.29 is 9.90 Å². The standard InChI is InChI=1S/C11H15BrClNO2S/c1-6(2)3-9(11(15)16)14-5-7-4-8(12)10(13)17-7/h4,6,9,14H,3,5H2,1-2H3,(H,15,16). The van der Waals surface area contributed by atoms with Crippen LogP contribution >= 0.6 is 38.9 Å². The number of nitrogens with one attached hydrogen (secondary N) is 1. The van der Waals surface area contributed by atoms with Gasteiger partial charge in [0.05, 0.1) is 0 Å². The van der Waals surface area contributed by atoms with Crippen molar-refractivity contribution >= 4 is 44.8 Å². The van der Waals surface area contributed by atoms with Crippen LogP contribution < -0.4 is 5.32 Å². The third-order valence-electron chi connectivity index (χ3n) is 2.22. The molecule has 0 aliphatic rings. The third-order valence-corrected chi connectivity index (χ3v) is 4.70. The average Bonchev–Trinajstić information content (AvgIpc) is 2.52. The number of thiophene rings is 1. The Kier molecular flexibility index (Phi) is 5.92. The van der Waals surface area contributed by atoms with Gasteiger partial charge in [0.2, 0.25) is 0 Å². The maximum absolute atomic E-state index is 11.0. The highest BCUT2D eigenvalue weighted by atomic mass is 79.9. The van der Waals surface area contributed by atoms with Gasteiger partial charge in [0.15, 0.2) is 0 Å². The Labute approximate surface area is 118 Å². The van der Waals surface area contributed by atoms with Crippen molar-refractivity contribution in [2.24, 2.45) is 5.92 Å². The molecule has 3 nitrogen and oxygen atoms in total. The van der Waals surface area contributed by atoms with Gasteiger partial charge in [-0.1, -0.05) is 25.4 Å². The average molecular weight is 341 g/mol. The molecule has 0 aromatic carbocycles. The molecule has 0 saturated carbocycles. The lowest BCUT2D eigenvalue weighted by atomic mass is 10.0. The zero-order valence-electron chi connectivity index (χ0n) is 9.67. The fourth-order valence-corrected chi connectivity index (χ4v) is 3.19. The van der Waals surface area contributed by atoms with E-state index in [4.69, 9.17) is 16.7 Å². The van der Waals surface area contributed by atoms with Crippen LogP contribution in [0.2, 0.25) is 4.34 Å². The van der Waals surface area contributed by atoms with Crippen molar-refractivity contribution in [3.63, 3.8) is 0 Å². The van der Waals surface area contributed by atoms with E-state index < -0.39 is 12.0 Å². The van der Waals surface area contributed by atoms with Crippen LogP contribution in [0.15, 0.2) is 10.5 Å². The van der Waals surface area contributed by atoms with Crippen molar-refractivity contribution in [3.05, 3.63) is 19.8 Å². The third kappa shape index (κ3) is 4.95. The summed E-state index contributed by atoms with van der Waals surface area (Å²) in [5.41, 5.74) is 0. The molecular formula is C11H15BrClNO2S. The minimum absolute atomic E-state index is 0.349. The molecule has 1 aromatic rings. The highest BCUT2D eigenvalue weighted by Gasteiger charge is 2.18. The van der Waals surface area contributed by atoms with Crippen molar-refractivity contribution in [2.45, 2.75) is 32.9 Å². The lowest BCUT2D eigenvalue weighted by Gasteiger charge is -2.15. The van der Waals surface area contributed by atoms with Crippen LogP contribution in [0.25, 0.3) is 0 Å². The number of halogens is 2. The van der Waals surface area contributed by atoms with Gasteiger partial charge < -0.3 is 5.11 Å². The largest absolute Gasteiger partial charge is 0.480 e. The maximum atomic E-state index is 11.0. The molecule has 0 spiro atoms. The first kappa shape index (κ1) is 15.0. The fourth-order valence-electron chi connectivity index (χ4n) is 1.45. The number of carboxylic acids is 1. The van der Waals surface area contributed by atoms with Crippen molar-refractivity contribution in [1.82, 2.24) is 5.32 Å². The first-order chi connectivity index (χ1) is 7.90. The Morgan fingerprint density at radius 2 is 2.29 bits per heavy atom. The molecule has 0 saturated heterocycles. The molecule has 0 bridgehead atoms. The first-order valence-electron chi connectivity index (χ1n) is 5.30. The van der Waals surface area contributed by atoms with Crippen LogP contribution in [-0.4, -0.2) is 17.1 Å². The van der Waals surface area contributed by atoms with Gasteiger partial charge in [-0.2, -0.15) is 0 Å². The van der Waals surface area contributed by atoms with Crippen molar-refractivity contribution in [2.75, 3.05) is 0 Å². The van der Waals surface area contributed by atoms with E-state index in [9.17, 15) is 4.79 Å². The monoisotopic (exact) mass is 339 g/mol. The normalized spacial score (nSPS) is 13.0. The second-order valence-electron chi connectivity index (χ2n) is 4.24. The molecule has 1 unspecified atom stereocenters. The highest BCUT2D eigenvalue weighted by molar-refractivity contribution is 9.10. The van der Waals surface area contributed by atoms with Gasteiger partial charge in [0, 0.05) is 15.9 Å². The molecule has 0 radical (unpaired) electrons. The molecule has 0 fully saturated rings. The summed E-state index contributed by atoms with van der Waals surface area (Å²) in [6.45, 7) is 4.55. The Morgan fingerprint density at radius 3 is 2.71 bits per heavy atom. The van der Waals surface area contributed by atoms with Gasteiger partial charge in [-0.15, -0.1) is 11.3 Å². The molecule has 2 N–H and O–H groups in total. The van der Waals surface area contributed by atoms with E-state index in [0.717, 1.165) is 9.35 Å². The molecular weight excluding hydrogens is 326 g/mol. The lowest BCUT2D eigenvalue weighted by molar-refractivity contribution is -0.139. The van der Waals surface area contributed by atoms with Gasteiger partial charge >= 0.3 is 5.97 Å². The van der Waals surface area contributed by atoms with Crippen LogP contribution in [0, 0.1) is 5.92 Å². The van der Waals surface area contributed by atoms with E-state index in [2.05, 4.69) is 21.2 Å². The first-order valence-corrected chi connectivity index (χ1v) is 7.28. The minimum Gasteiger partial charge on any atom is -0.480 e. The number of hydrogen-bond acceptors (Lipinski definition) is 3. The van der Waals surface area contributed by atoms with Crippen LogP contribution in [0.3, 0.4) is 0 Å². The van der Waals surface area contributed by atoms with Crippen LogP contribution in [0.1, 0.15) is 25.1 Å². The van der Waals surface area contributed by atoms with Crippen LogP contribution in [0.5, 0.6) is 0 Å². The maximum Gasteiger partial charge on any atom is 0.320 e. The zero-order chi connectivity index (χ0) is 13.0. The van der Waals surface area contributed by atoms with Gasteiger partial charge in [-0.3, -0.25) is 10.1 Å². The van der Waals surface area contributed by atoms with E-state index >= 15 is 0 Å². The second kappa shape index (κ2) is 6.73. The molecule has 1 rings (SSSR count). The molecule has 1 atom stereocenters. The lowest BCUT2D eigenvalue weighted by Crippen LogP contribution is -2.37. The predicted octanol–water partition coefficient (Wildman–Crippen LogP) is 3.75. The summed E-state index contributed by atoms with van der Waals surface area (Å²) in [5.74, 6) is -0.456. The molecule has 1 aromatic heterocycles. The van der Waals surface area contributed by atoms with Gasteiger partial charge in [-0.25, -0.2) is 0 Å². The van der Waals surface area contributed by atoms with Crippen LogP contribution in [-0.2, 0) is 11.3 Å². The Hall–Kier alpha value is -0.100. The highest BCUT2D eigenvalue weighted by Crippen LogP contribution is 2.31. The molecule has 0 aliphatic heterocycles. The predicted molar refractivity (Wildman–Crippen MR) is 74.7 cm³/mol. The number of rotatable bonds is 6. The summed E-state index contributed by atoms with van der Waals surface area (Å²) >= 11 is 10.7. The Morgan fingerprint density at radius 1 is 1.65 bits per heavy atom. The number of aliphatic carboxylic acids is 1. The second-order valence-corrected chi connectivity index (χ2v) is 6.83. The summed E-state index contributed by atoms with van der Waals surface area (Å²) in [5, 5.41) is 12.1. The zero-order valence-corrected chi connectivity index (χ0v) is 12.8. The topological polar surface area (TPSA) is 49.3 Å². The van der Waals surface area contributed by atoms with E-state index in [1.165, 1.54) is 11.3 Å². The van der Waals surface area contributed by atoms with Gasteiger partial charge in [0.25, 0.3) is 0 Å². The Bertz CT molecular complexity index is 375. The number of carboxylic acid groups (broad SMARTS) is 1. The molecule has 17 heavy (non-hydrogen) atoms. The van der Waals surface area contributed by atoms with Crippen molar-refractivity contribution in [3.8, 4) is 0 Å². The summed E-state index contributed by atoms with van der Waals surface area (Å²) < 4.78 is 1.55. The van der Waals surface area contributed by atoms with E-state index in [0.29, 0.717) is 23.2 Å². The quantitative estimate of drug-likeness (QED) is 0.829. The van der Waals surface area contributed by atoms with Crippen molar-refractivity contribution in [1.29, 1.82) is 0 Å². The molecule has 6 heteroatoms. The molecule has 1 heterocycles. The van der Waals surface area contributed by atoms with Crippen LogP contribution in [0.4, 0.5) is 0 Å². The molecule has 0 amide bonds. The summed E-state index contributed by atoms with van der Waals surface area (Å²) in [6.07, 6.45) is 0.621. The van der Waals surface area contributed by atoms with Gasteiger partial charge in [-0.05, 0) is 34.3 Å². The number of carbonyl (C=O) groups is 1. The molecule has 96 valence electrons. The van der Waals surface area contributed by atoms with E-state index in [1.54, 1.807) is 0 Å². The summed E-state index contributed by atoms with van der Waals surface area (Å²) in [6, 6.07) is 1.41. The minimum atomic E-state index is -0.805. The fraction of sp³-hybridized carbons (Fsp3) is 0.545. The van der Waals surface area contributed by atoms with E-state index in [-0.39, 0.29) is 0 Å². The Balaban J connectivity index is 2.54. The van der Waals surface area contributed by atoms with Gasteiger partial charge in [0.1, 0.15) is 10.4 Å². The van der Waals surface area contributed by atoms with E-state index in [1.807, 2.05) is 19.9 Å². The smallest absolute Gasteiger partial charge is 0.320 e. The summed E-state index contributed by atoms with van der Waals surface area (Å²) in [4.78, 5) is 12.1.